The van der Waals surface area contributed by atoms with Gasteiger partial charge in [-0.3, -0.25) is 0 Å². The van der Waals surface area contributed by atoms with Crippen LogP contribution in [0.1, 0.15) is 0 Å². The summed E-state index contributed by atoms with van der Waals surface area (Å²) in [6.07, 6.45) is 0. The first-order valence-electron chi connectivity index (χ1n) is 4.31. The van der Waals surface area contributed by atoms with E-state index in [4.69, 9.17) is 4.74 Å². The van der Waals surface area contributed by atoms with E-state index in [0.717, 1.165) is 5.75 Å². The third kappa shape index (κ3) is 2.46. The molecule has 1 nitrogen and oxygen atoms in total. The Morgan fingerprint density at radius 3 is 2.46 bits per heavy atom. The highest BCUT2D eigenvalue weighted by Gasteiger charge is 2.24. The number of benzene rings is 1. The van der Waals surface area contributed by atoms with Crippen LogP contribution in [-0.2, 0) is 0 Å². The molecular formula is C10H15IOSi. The molecule has 0 saturated heterocycles. The molecule has 0 aromatic heterocycles. The van der Waals surface area contributed by atoms with Gasteiger partial charge in [0.25, 0.3) is 0 Å². The van der Waals surface area contributed by atoms with Crippen LogP contribution < -0.4 is 9.92 Å². The minimum Gasteiger partial charge on any atom is -0.497 e. The van der Waals surface area contributed by atoms with E-state index in [2.05, 4.69) is 53.9 Å². The highest BCUT2D eigenvalue weighted by molar-refractivity contribution is 14.1. The Kier molecular flexibility index (Phi) is 3.79. The van der Waals surface area contributed by atoms with E-state index in [1.165, 1.54) is 9.24 Å². The Morgan fingerprint density at radius 1 is 1.31 bits per heavy atom. The van der Waals surface area contributed by atoms with Crippen LogP contribution in [-0.4, -0.2) is 19.2 Å². The molecule has 13 heavy (non-hydrogen) atoms. The van der Waals surface area contributed by atoms with Crippen molar-refractivity contribution in [3.8, 4) is 5.75 Å². The molecule has 0 bridgehead atoms. The first kappa shape index (κ1) is 11.0. The smallest absolute Gasteiger partial charge is 0.118 e. The molecule has 0 spiro atoms. The minimum absolute atomic E-state index is 1.05. The van der Waals surface area contributed by atoms with Crippen molar-refractivity contribution in [1.29, 1.82) is 0 Å². The summed E-state index contributed by atoms with van der Waals surface area (Å²) in [5.41, 5.74) is 0. The highest BCUT2D eigenvalue weighted by atomic mass is 127. The third-order valence-electron chi connectivity index (χ3n) is 2.17. The van der Waals surface area contributed by atoms with Gasteiger partial charge in [0.1, 0.15) is 5.75 Å². The van der Waals surface area contributed by atoms with Gasteiger partial charge in [0, 0.05) is 0 Å². The first-order valence-corrected chi connectivity index (χ1v) is 9.04. The van der Waals surface area contributed by atoms with Crippen LogP contribution in [0, 0.1) is 0 Å². The molecule has 0 aliphatic rings. The van der Waals surface area contributed by atoms with E-state index in [0.29, 0.717) is 0 Å². The lowest BCUT2D eigenvalue weighted by Gasteiger charge is -2.22. The predicted molar refractivity (Wildman–Crippen MR) is 69.0 cm³/mol. The molecule has 3 heteroatoms. The van der Waals surface area contributed by atoms with E-state index < -0.39 is 8.07 Å². The number of para-hydroxylation sites is 1. The fourth-order valence-corrected chi connectivity index (χ4v) is 4.05. The molecule has 1 aromatic carbocycles. The van der Waals surface area contributed by atoms with Crippen molar-refractivity contribution in [2.45, 2.75) is 13.1 Å². The predicted octanol–water partition coefficient (Wildman–Crippen LogP) is 2.58. The lowest BCUT2D eigenvalue weighted by molar-refractivity contribution is 0.418. The van der Waals surface area contributed by atoms with Gasteiger partial charge in [-0.05, 0) is 15.3 Å². The fraction of sp³-hybridized carbons (Fsp3) is 0.400. The third-order valence-corrected chi connectivity index (χ3v) is 10.4. The van der Waals surface area contributed by atoms with Crippen LogP contribution >= 0.6 is 22.6 Å². The average Bonchev–Trinajstić information content (AvgIpc) is 2.18. The van der Waals surface area contributed by atoms with Crippen molar-refractivity contribution in [3.63, 3.8) is 0 Å². The van der Waals surface area contributed by atoms with Crippen LogP contribution in [0.2, 0.25) is 13.1 Å². The number of alkyl halides is 1. The Hall–Kier alpha value is -0.0331. The molecule has 0 aliphatic heterocycles. The zero-order chi connectivity index (χ0) is 9.90. The Bertz CT molecular complexity index is 286. The Balaban J connectivity index is 3.12. The Labute approximate surface area is 94.6 Å². The van der Waals surface area contributed by atoms with E-state index in [9.17, 15) is 0 Å². The first-order chi connectivity index (χ1) is 6.11. The number of ether oxygens (including phenoxy) is 1. The molecule has 0 saturated carbocycles. The molecule has 1 aromatic rings. The van der Waals surface area contributed by atoms with E-state index >= 15 is 0 Å². The van der Waals surface area contributed by atoms with Crippen LogP contribution in [0.25, 0.3) is 0 Å². The maximum Gasteiger partial charge on any atom is 0.118 e. The highest BCUT2D eigenvalue weighted by Crippen LogP contribution is 2.15. The molecule has 0 N–H and O–H groups in total. The van der Waals surface area contributed by atoms with E-state index in [-0.39, 0.29) is 0 Å². The van der Waals surface area contributed by atoms with Gasteiger partial charge >= 0.3 is 0 Å². The molecule has 0 atom stereocenters. The minimum atomic E-state index is -1.26. The molecule has 0 fully saturated rings. The molecule has 0 heterocycles. The zero-order valence-corrected chi connectivity index (χ0v) is 11.5. The molecule has 1 rings (SSSR count). The van der Waals surface area contributed by atoms with Gasteiger partial charge < -0.3 is 4.74 Å². The van der Waals surface area contributed by atoms with Gasteiger partial charge in [-0.15, -0.1) is 0 Å². The number of hydrogen-bond donors (Lipinski definition) is 0. The lowest BCUT2D eigenvalue weighted by atomic mass is 10.3. The van der Waals surface area contributed by atoms with Gasteiger partial charge in [-0.25, -0.2) is 0 Å². The van der Waals surface area contributed by atoms with E-state index in [1.807, 2.05) is 6.07 Å². The van der Waals surface area contributed by atoms with Crippen LogP contribution in [0.5, 0.6) is 5.75 Å². The number of methoxy groups -OCH3 is 1. The van der Waals surface area contributed by atoms with Gasteiger partial charge in [0.15, 0.2) is 0 Å². The van der Waals surface area contributed by atoms with Crippen LogP contribution in [0.3, 0.4) is 0 Å². The normalized spacial score (nSPS) is 11.4. The summed E-state index contributed by atoms with van der Waals surface area (Å²) in [7, 11) is 0.489. The summed E-state index contributed by atoms with van der Waals surface area (Å²) in [5, 5.41) is 1.42. The van der Waals surface area contributed by atoms with E-state index in [1.54, 1.807) is 7.11 Å². The molecule has 0 amide bonds. The average molecular weight is 306 g/mol. The van der Waals surface area contributed by atoms with Crippen molar-refractivity contribution in [2.24, 2.45) is 0 Å². The van der Waals surface area contributed by atoms with Gasteiger partial charge in [-0.1, -0.05) is 53.9 Å². The topological polar surface area (TPSA) is 9.23 Å². The summed E-state index contributed by atoms with van der Waals surface area (Å²) in [6.45, 7) is 4.74. The summed E-state index contributed by atoms with van der Waals surface area (Å²) < 4.78 is 6.59. The summed E-state index contributed by atoms with van der Waals surface area (Å²) in [4.78, 5) is 0. The van der Waals surface area contributed by atoms with Gasteiger partial charge in [0.05, 0.1) is 15.2 Å². The standard InChI is InChI=1S/C10H15IOSi/c1-12-9-6-4-5-7-10(9)13(2,3)8-11/h4-7H,8H2,1-3H3. The van der Waals surface area contributed by atoms with Crippen LogP contribution in [0.15, 0.2) is 24.3 Å². The van der Waals surface area contributed by atoms with Crippen molar-refractivity contribution in [2.75, 3.05) is 11.2 Å². The molecule has 72 valence electrons. The maximum atomic E-state index is 5.36. The molecule has 0 aliphatic carbocycles. The molecular weight excluding hydrogens is 291 g/mol. The largest absolute Gasteiger partial charge is 0.497 e. The van der Waals surface area contributed by atoms with Crippen LogP contribution in [0.4, 0.5) is 0 Å². The zero-order valence-electron chi connectivity index (χ0n) is 8.30. The van der Waals surface area contributed by atoms with Gasteiger partial charge in [0.2, 0.25) is 0 Å². The number of halogens is 1. The van der Waals surface area contributed by atoms with Crippen molar-refractivity contribution in [3.05, 3.63) is 24.3 Å². The number of hydrogen-bond acceptors (Lipinski definition) is 1. The molecule has 0 unspecified atom stereocenters. The summed E-state index contributed by atoms with van der Waals surface area (Å²) >= 11 is 2.47. The second-order valence-electron chi connectivity index (χ2n) is 3.72. The second-order valence-corrected chi connectivity index (χ2v) is 10.6. The van der Waals surface area contributed by atoms with Gasteiger partial charge in [-0.2, -0.15) is 0 Å². The van der Waals surface area contributed by atoms with Crippen molar-refractivity contribution < 1.29 is 4.74 Å². The van der Waals surface area contributed by atoms with Crippen molar-refractivity contribution in [1.82, 2.24) is 0 Å². The number of rotatable bonds is 3. The SMILES string of the molecule is COc1ccccc1[Si](C)(C)CI. The summed E-state index contributed by atoms with van der Waals surface area (Å²) in [6, 6.07) is 8.37. The fourth-order valence-electron chi connectivity index (χ4n) is 1.28. The lowest BCUT2D eigenvalue weighted by Crippen LogP contribution is -2.44. The second kappa shape index (κ2) is 4.46. The Morgan fingerprint density at radius 2 is 1.92 bits per heavy atom. The monoisotopic (exact) mass is 306 g/mol. The quantitative estimate of drug-likeness (QED) is 0.474. The summed E-state index contributed by atoms with van der Waals surface area (Å²) in [5.74, 6) is 1.05. The molecule has 0 radical (unpaired) electrons. The van der Waals surface area contributed by atoms with Crippen molar-refractivity contribution >= 4 is 35.9 Å². The maximum absolute atomic E-state index is 5.36.